The Morgan fingerprint density at radius 1 is 1.26 bits per heavy atom. The molecule has 0 unspecified atom stereocenters. The van der Waals surface area contributed by atoms with E-state index in [4.69, 9.17) is 5.26 Å². The molecule has 0 aliphatic heterocycles. The van der Waals surface area contributed by atoms with E-state index in [1.165, 1.54) is 0 Å². The molecular formula is C27H29FN4O2. The van der Waals surface area contributed by atoms with Crippen LogP contribution in [0, 0.1) is 17.1 Å². The van der Waals surface area contributed by atoms with E-state index in [0.717, 1.165) is 29.5 Å². The normalized spacial score (nSPS) is 19.5. The van der Waals surface area contributed by atoms with Gasteiger partial charge in [0.15, 0.2) is 0 Å². The van der Waals surface area contributed by atoms with Gasteiger partial charge in [0.2, 0.25) is 0 Å². The number of benzene rings is 2. The second-order valence-electron chi connectivity index (χ2n) is 8.74. The first-order valence-electron chi connectivity index (χ1n) is 11.5. The van der Waals surface area contributed by atoms with Gasteiger partial charge < -0.3 is 20.1 Å². The Bertz CT molecular complexity index is 1170. The smallest absolute Gasteiger partial charge is 0.137 e. The zero-order valence-electron chi connectivity index (χ0n) is 19.1. The largest absolute Gasteiger partial charge is 0.394 e. The fourth-order valence-corrected chi connectivity index (χ4v) is 4.43. The van der Waals surface area contributed by atoms with Crippen LogP contribution >= 0.6 is 0 Å². The number of aliphatic hydroxyl groups excluding tert-OH is 2. The molecule has 1 fully saturated rings. The molecule has 0 bridgehead atoms. The van der Waals surface area contributed by atoms with Gasteiger partial charge in [-0.1, -0.05) is 48.6 Å². The van der Waals surface area contributed by atoms with Gasteiger partial charge in [-0.15, -0.1) is 0 Å². The van der Waals surface area contributed by atoms with Gasteiger partial charge in [0.05, 0.1) is 25.3 Å². The Hall–Kier alpha value is -3.31. The Kier molecular flexibility index (Phi) is 7.53. The van der Waals surface area contributed by atoms with Crippen molar-refractivity contribution in [3.63, 3.8) is 0 Å². The standard InChI is InChI=1S/C27H29FN4O2/c1-18(34)27-31-12-13-32(27)24(17-33)8-4-19-2-5-20(6-3-19)25-9-7-21(16-26(25)28)22-14-23(15-22)30-11-10-29/h2-9,12-13,16,18,22-24,30,33-34H,11,14-15,17H2,1H3/b8-4+/t18-,22?,23?,24-/m0/s1. The number of halogens is 1. The molecule has 2 atom stereocenters. The molecule has 0 spiro atoms. The van der Waals surface area contributed by atoms with Gasteiger partial charge in [-0.3, -0.25) is 0 Å². The Balaban J connectivity index is 1.42. The van der Waals surface area contributed by atoms with Crippen LogP contribution < -0.4 is 5.32 Å². The van der Waals surface area contributed by atoms with Gasteiger partial charge in [-0.2, -0.15) is 5.26 Å². The molecule has 3 aromatic rings. The molecule has 6 nitrogen and oxygen atoms in total. The second-order valence-corrected chi connectivity index (χ2v) is 8.74. The second kappa shape index (κ2) is 10.7. The molecule has 176 valence electrons. The lowest BCUT2D eigenvalue weighted by molar-refractivity contribution is 0.175. The van der Waals surface area contributed by atoms with Gasteiger partial charge in [0, 0.05) is 24.0 Å². The lowest BCUT2D eigenvalue weighted by atomic mass is 9.75. The number of aliphatic hydroxyl groups is 2. The van der Waals surface area contributed by atoms with Crippen LogP contribution in [-0.4, -0.2) is 39.0 Å². The molecule has 1 saturated carbocycles. The topological polar surface area (TPSA) is 94.1 Å². The van der Waals surface area contributed by atoms with E-state index in [-0.39, 0.29) is 18.5 Å². The first-order chi connectivity index (χ1) is 16.5. The summed E-state index contributed by atoms with van der Waals surface area (Å²) in [5, 5.41) is 31.5. The van der Waals surface area contributed by atoms with Crippen LogP contribution in [0.5, 0.6) is 0 Å². The van der Waals surface area contributed by atoms with E-state index in [2.05, 4.69) is 16.4 Å². The molecule has 1 aliphatic carbocycles. The van der Waals surface area contributed by atoms with Crippen LogP contribution in [-0.2, 0) is 0 Å². The average Bonchev–Trinajstić information content (AvgIpc) is 3.29. The number of nitriles is 1. The van der Waals surface area contributed by atoms with Crippen LogP contribution in [0.1, 0.15) is 54.8 Å². The summed E-state index contributed by atoms with van der Waals surface area (Å²) in [5.74, 6) is 0.589. The molecule has 1 aliphatic rings. The van der Waals surface area contributed by atoms with Crippen LogP contribution in [0.2, 0.25) is 0 Å². The molecule has 1 heterocycles. The highest BCUT2D eigenvalue weighted by Gasteiger charge is 2.30. The number of rotatable bonds is 9. The quantitative estimate of drug-likeness (QED) is 0.413. The highest BCUT2D eigenvalue weighted by Crippen LogP contribution is 2.38. The van der Waals surface area contributed by atoms with E-state index in [1.54, 1.807) is 30.0 Å². The molecule has 0 amide bonds. The SMILES string of the molecule is C[C@H](O)c1nccn1[C@@H](/C=C/c1ccc(-c2ccc(C3CC(NCC#N)C3)cc2F)cc1)CO. The molecule has 1 aromatic heterocycles. The molecule has 0 saturated heterocycles. The predicted molar refractivity (Wildman–Crippen MR) is 129 cm³/mol. The molecule has 7 heteroatoms. The Morgan fingerprint density at radius 2 is 2.03 bits per heavy atom. The average molecular weight is 461 g/mol. The van der Waals surface area contributed by atoms with Crippen molar-refractivity contribution in [1.29, 1.82) is 5.26 Å². The number of aromatic nitrogens is 2. The van der Waals surface area contributed by atoms with Gasteiger partial charge in [-0.05, 0) is 48.4 Å². The number of imidazole rings is 1. The summed E-state index contributed by atoms with van der Waals surface area (Å²) in [5.41, 5.74) is 3.28. The van der Waals surface area contributed by atoms with E-state index in [9.17, 15) is 14.6 Å². The van der Waals surface area contributed by atoms with Crippen molar-refractivity contribution in [2.75, 3.05) is 13.2 Å². The maximum absolute atomic E-state index is 14.9. The summed E-state index contributed by atoms with van der Waals surface area (Å²) in [4.78, 5) is 4.15. The van der Waals surface area contributed by atoms with Crippen molar-refractivity contribution in [3.8, 4) is 17.2 Å². The van der Waals surface area contributed by atoms with Crippen molar-refractivity contribution < 1.29 is 14.6 Å². The maximum Gasteiger partial charge on any atom is 0.137 e. The van der Waals surface area contributed by atoms with E-state index in [0.29, 0.717) is 29.9 Å². The first-order valence-corrected chi connectivity index (χ1v) is 11.5. The zero-order chi connectivity index (χ0) is 24.1. The third-order valence-corrected chi connectivity index (χ3v) is 6.42. The molecule has 0 radical (unpaired) electrons. The summed E-state index contributed by atoms with van der Waals surface area (Å²) in [6.45, 7) is 1.86. The van der Waals surface area contributed by atoms with E-state index in [1.807, 2.05) is 48.6 Å². The van der Waals surface area contributed by atoms with Gasteiger partial charge in [0.25, 0.3) is 0 Å². The Morgan fingerprint density at radius 3 is 2.68 bits per heavy atom. The third-order valence-electron chi connectivity index (χ3n) is 6.42. The summed E-state index contributed by atoms with van der Waals surface area (Å²) in [6, 6.07) is 15.1. The van der Waals surface area contributed by atoms with Gasteiger partial charge in [0.1, 0.15) is 17.7 Å². The number of nitrogens with one attached hydrogen (secondary N) is 1. The summed E-state index contributed by atoms with van der Waals surface area (Å²) < 4.78 is 16.6. The van der Waals surface area contributed by atoms with Crippen LogP contribution in [0.3, 0.4) is 0 Å². The fraction of sp³-hybridized carbons (Fsp3) is 0.333. The Labute approximate surface area is 199 Å². The molecule has 3 N–H and O–H groups in total. The van der Waals surface area contributed by atoms with Crippen molar-refractivity contribution in [1.82, 2.24) is 14.9 Å². The monoisotopic (exact) mass is 460 g/mol. The van der Waals surface area contributed by atoms with Gasteiger partial charge >= 0.3 is 0 Å². The minimum atomic E-state index is -0.732. The molecule has 4 rings (SSSR count). The number of hydrogen-bond acceptors (Lipinski definition) is 5. The van der Waals surface area contributed by atoms with Crippen molar-refractivity contribution in [2.45, 2.75) is 43.9 Å². The maximum atomic E-state index is 14.9. The molecule has 34 heavy (non-hydrogen) atoms. The first kappa shape index (κ1) is 23.8. The van der Waals surface area contributed by atoms with Crippen LogP contribution in [0.4, 0.5) is 4.39 Å². The third kappa shape index (κ3) is 5.26. The van der Waals surface area contributed by atoms with Gasteiger partial charge in [-0.25, -0.2) is 9.37 Å². The summed E-state index contributed by atoms with van der Waals surface area (Å²) >= 11 is 0. The summed E-state index contributed by atoms with van der Waals surface area (Å²) in [6.07, 6.45) is 8.20. The van der Waals surface area contributed by atoms with E-state index >= 15 is 0 Å². The van der Waals surface area contributed by atoms with Crippen molar-refractivity contribution in [3.05, 3.63) is 83.7 Å². The van der Waals surface area contributed by atoms with Crippen molar-refractivity contribution in [2.24, 2.45) is 0 Å². The van der Waals surface area contributed by atoms with Crippen LogP contribution in [0.25, 0.3) is 17.2 Å². The number of hydrogen-bond donors (Lipinski definition) is 3. The minimum absolute atomic E-state index is 0.127. The fourth-order valence-electron chi connectivity index (χ4n) is 4.43. The predicted octanol–water partition coefficient (Wildman–Crippen LogP) is 4.35. The van der Waals surface area contributed by atoms with Crippen molar-refractivity contribution >= 4 is 6.08 Å². The lowest BCUT2D eigenvalue weighted by Crippen LogP contribution is -2.40. The molecule has 2 aromatic carbocycles. The highest BCUT2D eigenvalue weighted by molar-refractivity contribution is 5.67. The summed E-state index contributed by atoms with van der Waals surface area (Å²) in [7, 11) is 0. The number of nitrogens with zero attached hydrogens (tertiary/aromatic N) is 3. The zero-order valence-corrected chi connectivity index (χ0v) is 19.1. The minimum Gasteiger partial charge on any atom is -0.394 e. The van der Waals surface area contributed by atoms with E-state index < -0.39 is 6.10 Å². The highest BCUT2D eigenvalue weighted by atomic mass is 19.1. The molecular weight excluding hydrogens is 431 g/mol. The lowest BCUT2D eigenvalue weighted by Gasteiger charge is -2.36. The van der Waals surface area contributed by atoms with Crippen LogP contribution in [0.15, 0.2) is 60.9 Å².